The first kappa shape index (κ1) is 18.8. The van der Waals surface area contributed by atoms with Gasteiger partial charge in [0.05, 0.1) is 0 Å². The number of ketones is 2. The van der Waals surface area contributed by atoms with Crippen molar-refractivity contribution < 1.29 is 18.0 Å². The Balaban J connectivity index is 2.23. The maximum absolute atomic E-state index is 13.3. The van der Waals surface area contributed by atoms with Crippen molar-refractivity contribution in [3.63, 3.8) is 0 Å². The number of piperidine rings is 1. The third-order valence-corrected chi connectivity index (χ3v) is 6.98. The lowest BCUT2D eigenvalue weighted by Gasteiger charge is -2.32. The normalized spacial score (nSPS) is 18.8. The molecule has 1 fully saturated rings. The van der Waals surface area contributed by atoms with Gasteiger partial charge < -0.3 is 4.90 Å². The number of rotatable bonds is 5. The number of likely N-dealkylation sites (N-methyl/N-ethyl adjacent to an activating group) is 1. The quantitative estimate of drug-likeness (QED) is 0.789. The molecule has 0 N–H and O–H groups in total. The number of carbonyl (C=O) groups excluding carboxylic acids is 2. The van der Waals surface area contributed by atoms with Crippen LogP contribution in [0.2, 0.25) is 0 Å². The number of fused-ring (bicyclic) bond motifs is 1. The molecule has 0 amide bonds. The van der Waals surface area contributed by atoms with Crippen LogP contribution in [0.1, 0.15) is 53.8 Å². The second-order valence-electron chi connectivity index (χ2n) is 6.52. The fourth-order valence-electron chi connectivity index (χ4n) is 3.64. The van der Waals surface area contributed by atoms with Gasteiger partial charge in [-0.2, -0.15) is 4.31 Å². The predicted octanol–water partition coefficient (Wildman–Crippen LogP) is 2.43. The molecular formula is C19H24N2O4S. The average molecular weight is 376 g/mol. The second-order valence-corrected chi connectivity index (χ2v) is 8.39. The van der Waals surface area contributed by atoms with Crippen molar-refractivity contribution in [2.24, 2.45) is 0 Å². The van der Waals surface area contributed by atoms with E-state index in [-0.39, 0.29) is 27.5 Å². The van der Waals surface area contributed by atoms with Gasteiger partial charge in [0.25, 0.3) is 0 Å². The summed E-state index contributed by atoms with van der Waals surface area (Å²) >= 11 is 0. The molecule has 1 aromatic carbocycles. The van der Waals surface area contributed by atoms with Gasteiger partial charge in [0.15, 0.2) is 4.91 Å². The second kappa shape index (κ2) is 7.32. The number of carbonyl (C=O) groups is 2. The van der Waals surface area contributed by atoms with Crippen molar-refractivity contribution in [1.29, 1.82) is 0 Å². The highest BCUT2D eigenvalue weighted by atomic mass is 32.2. The molecule has 7 heteroatoms. The summed E-state index contributed by atoms with van der Waals surface area (Å²) in [5, 5.41) is 0. The molecule has 1 heterocycles. The zero-order valence-electron chi connectivity index (χ0n) is 15.2. The molecule has 1 aliphatic heterocycles. The molecule has 26 heavy (non-hydrogen) atoms. The Morgan fingerprint density at radius 1 is 0.923 bits per heavy atom. The third kappa shape index (κ3) is 2.99. The first-order valence-corrected chi connectivity index (χ1v) is 10.5. The minimum absolute atomic E-state index is 0.0178. The van der Waals surface area contributed by atoms with Gasteiger partial charge in [0.1, 0.15) is 5.70 Å². The monoisotopic (exact) mass is 376 g/mol. The van der Waals surface area contributed by atoms with Crippen LogP contribution in [0.15, 0.2) is 34.9 Å². The van der Waals surface area contributed by atoms with Crippen LogP contribution < -0.4 is 0 Å². The molecule has 0 radical (unpaired) electrons. The molecule has 140 valence electrons. The largest absolute Gasteiger partial charge is 0.368 e. The summed E-state index contributed by atoms with van der Waals surface area (Å²) in [5.41, 5.74) is 0.463. The van der Waals surface area contributed by atoms with Crippen LogP contribution in [0.3, 0.4) is 0 Å². The van der Waals surface area contributed by atoms with E-state index >= 15 is 0 Å². The van der Waals surface area contributed by atoms with Gasteiger partial charge in [0.2, 0.25) is 21.6 Å². The lowest BCUT2D eigenvalue weighted by Crippen LogP contribution is -2.43. The fraction of sp³-hybridized carbons (Fsp3) is 0.474. The Bertz CT molecular complexity index is 863. The Hall–Kier alpha value is -1.99. The minimum Gasteiger partial charge on any atom is -0.368 e. The van der Waals surface area contributed by atoms with Gasteiger partial charge in [-0.05, 0) is 26.7 Å². The lowest BCUT2D eigenvalue weighted by atomic mass is 9.92. The molecule has 0 aromatic heterocycles. The highest BCUT2D eigenvalue weighted by Crippen LogP contribution is 2.33. The first-order valence-electron chi connectivity index (χ1n) is 9.11. The number of sulfonamides is 1. The average Bonchev–Trinajstić information content (AvgIpc) is 2.67. The Morgan fingerprint density at radius 3 is 2.00 bits per heavy atom. The molecule has 1 aromatic rings. The van der Waals surface area contributed by atoms with Gasteiger partial charge in [-0.15, -0.1) is 0 Å². The van der Waals surface area contributed by atoms with E-state index < -0.39 is 15.8 Å². The molecule has 0 bridgehead atoms. The number of hydrogen-bond acceptors (Lipinski definition) is 5. The molecule has 1 saturated heterocycles. The van der Waals surface area contributed by atoms with Crippen molar-refractivity contribution in [3.05, 3.63) is 46.0 Å². The van der Waals surface area contributed by atoms with E-state index in [4.69, 9.17) is 0 Å². The van der Waals surface area contributed by atoms with E-state index in [9.17, 15) is 18.0 Å². The zero-order valence-corrected chi connectivity index (χ0v) is 16.0. The molecule has 0 unspecified atom stereocenters. The van der Waals surface area contributed by atoms with Crippen LogP contribution in [0.5, 0.6) is 0 Å². The van der Waals surface area contributed by atoms with Gasteiger partial charge in [-0.25, -0.2) is 8.42 Å². The van der Waals surface area contributed by atoms with Gasteiger partial charge in [0, 0.05) is 37.3 Å². The molecule has 1 aliphatic carbocycles. The van der Waals surface area contributed by atoms with Crippen LogP contribution in [0.25, 0.3) is 0 Å². The number of allylic oxidation sites excluding steroid dienone is 2. The van der Waals surface area contributed by atoms with Crippen molar-refractivity contribution in [2.45, 2.75) is 33.1 Å². The van der Waals surface area contributed by atoms with Gasteiger partial charge in [-0.1, -0.05) is 30.7 Å². The van der Waals surface area contributed by atoms with Crippen LogP contribution >= 0.6 is 0 Å². The zero-order chi connectivity index (χ0) is 18.9. The van der Waals surface area contributed by atoms with E-state index in [1.54, 1.807) is 23.1 Å². The Labute approximate surface area is 154 Å². The smallest absolute Gasteiger partial charge is 0.249 e. The molecule has 0 spiro atoms. The highest BCUT2D eigenvalue weighted by molar-refractivity contribution is 7.94. The van der Waals surface area contributed by atoms with Crippen LogP contribution in [-0.2, 0) is 10.0 Å². The van der Waals surface area contributed by atoms with Gasteiger partial charge in [-0.3, -0.25) is 9.59 Å². The summed E-state index contributed by atoms with van der Waals surface area (Å²) in [6.07, 6.45) is 2.52. The summed E-state index contributed by atoms with van der Waals surface area (Å²) in [6.45, 7) is 5.37. The standard InChI is InChI=1S/C19H24N2O4S/c1-3-20(4-2)16-17(22)14-10-6-7-11-15(14)18(23)19(16)26(24,25)21-12-8-5-9-13-21/h6-7,10-11H,3-5,8-9,12-13H2,1-2H3. The maximum atomic E-state index is 13.3. The van der Waals surface area contributed by atoms with Crippen LogP contribution in [0, 0.1) is 0 Å². The summed E-state index contributed by atoms with van der Waals surface area (Å²) in [4.78, 5) is 27.6. The van der Waals surface area contributed by atoms with Crippen LogP contribution in [-0.4, -0.2) is 55.4 Å². The maximum Gasteiger partial charge on any atom is 0.249 e. The number of benzene rings is 1. The van der Waals surface area contributed by atoms with Crippen molar-refractivity contribution in [2.75, 3.05) is 26.2 Å². The molecule has 3 rings (SSSR count). The summed E-state index contributed by atoms with van der Waals surface area (Å²) in [7, 11) is -4.02. The summed E-state index contributed by atoms with van der Waals surface area (Å²) in [6, 6.07) is 6.45. The number of nitrogens with zero attached hydrogens (tertiary/aromatic N) is 2. The van der Waals surface area contributed by atoms with E-state index in [1.165, 1.54) is 10.4 Å². The Kier molecular flexibility index (Phi) is 5.29. The van der Waals surface area contributed by atoms with E-state index in [0.29, 0.717) is 26.2 Å². The van der Waals surface area contributed by atoms with Crippen molar-refractivity contribution in [1.82, 2.24) is 9.21 Å². The van der Waals surface area contributed by atoms with Crippen LogP contribution in [0.4, 0.5) is 0 Å². The SMILES string of the molecule is CCN(CC)C1=C(S(=O)(=O)N2CCCCC2)C(=O)c2ccccc2C1=O. The minimum atomic E-state index is -4.02. The number of hydrogen-bond donors (Lipinski definition) is 0. The molecule has 0 saturated carbocycles. The topological polar surface area (TPSA) is 74.8 Å². The molecule has 2 aliphatic rings. The van der Waals surface area contributed by atoms with Gasteiger partial charge >= 0.3 is 0 Å². The van der Waals surface area contributed by atoms with Crippen molar-refractivity contribution in [3.8, 4) is 0 Å². The van der Waals surface area contributed by atoms with E-state index in [0.717, 1.165) is 19.3 Å². The number of Topliss-reactive ketones (excluding diaryl/α,β-unsaturated/α-hetero) is 2. The predicted molar refractivity (Wildman–Crippen MR) is 99.4 cm³/mol. The Morgan fingerprint density at radius 2 is 1.46 bits per heavy atom. The van der Waals surface area contributed by atoms with E-state index in [1.807, 2.05) is 13.8 Å². The summed E-state index contributed by atoms with van der Waals surface area (Å²) < 4.78 is 28.0. The fourth-order valence-corrected chi connectivity index (χ4v) is 5.45. The lowest BCUT2D eigenvalue weighted by molar-refractivity contribution is 0.0948. The molecule has 0 atom stereocenters. The van der Waals surface area contributed by atoms with E-state index in [2.05, 4.69) is 0 Å². The molecular weight excluding hydrogens is 352 g/mol. The third-order valence-electron chi connectivity index (χ3n) is 5.05. The highest BCUT2D eigenvalue weighted by Gasteiger charge is 2.43. The summed E-state index contributed by atoms with van der Waals surface area (Å²) in [5.74, 6) is -0.966. The van der Waals surface area contributed by atoms with Crippen molar-refractivity contribution >= 4 is 21.6 Å². The molecule has 6 nitrogen and oxygen atoms in total. The first-order chi connectivity index (χ1) is 12.4.